The van der Waals surface area contributed by atoms with Gasteiger partial charge in [-0.25, -0.2) is 4.98 Å². The minimum Gasteiger partial charge on any atom is -0.492 e. The zero-order chi connectivity index (χ0) is 28.8. The minimum atomic E-state index is -0.692. The maximum atomic E-state index is 13.2. The highest BCUT2D eigenvalue weighted by Crippen LogP contribution is 2.35. The van der Waals surface area contributed by atoms with E-state index in [1.165, 1.54) is 0 Å². The number of imidazole rings is 1. The van der Waals surface area contributed by atoms with E-state index >= 15 is 0 Å². The molecule has 1 aliphatic heterocycles. The van der Waals surface area contributed by atoms with E-state index in [0.29, 0.717) is 47.2 Å². The topological polar surface area (TPSA) is 135 Å². The summed E-state index contributed by atoms with van der Waals surface area (Å²) in [5.74, 6) is -1.04. The second-order valence-electron chi connectivity index (χ2n) is 9.86. The molecule has 0 fully saturated rings. The average Bonchev–Trinajstić information content (AvgIpc) is 3.44. The lowest BCUT2D eigenvalue weighted by Crippen LogP contribution is -2.35. The highest BCUT2D eigenvalue weighted by molar-refractivity contribution is 6.30. The third kappa shape index (κ3) is 6.74. The second-order valence-corrected chi connectivity index (χ2v) is 10.3. The Kier molecular flexibility index (Phi) is 8.63. The molecule has 41 heavy (non-hydrogen) atoms. The number of benzene rings is 3. The van der Waals surface area contributed by atoms with Crippen LogP contribution in [-0.4, -0.2) is 34.5 Å². The van der Waals surface area contributed by atoms with Crippen LogP contribution in [0.1, 0.15) is 56.7 Å². The quantitative estimate of drug-likeness (QED) is 0.264. The molecule has 2 heterocycles. The standard InChI is InChI=1S/C31H29ClN6O3/c32-23-10-8-22(9-11-23)27(30(34)39)16-36-31(40)26-3-1-2-25-28(12-13-41-29(25)26)35-15-24-18-38(19-37-24)17-21-6-4-20(14-33)5-7-21/h1-11,18-19,27-28,35H,12-13,15-17H2,(H2,34,39)(H,36,40)/t27-,28?/m1/s1. The van der Waals surface area contributed by atoms with E-state index in [1.54, 1.807) is 36.7 Å². The predicted molar refractivity (Wildman–Crippen MR) is 154 cm³/mol. The number of nitrogens with zero attached hydrogens (tertiary/aromatic N) is 3. The number of primary amides is 1. The smallest absolute Gasteiger partial charge is 0.255 e. The first-order valence-corrected chi connectivity index (χ1v) is 13.6. The van der Waals surface area contributed by atoms with Gasteiger partial charge in [-0.05, 0) is 41.5 Å². The average molecular weight is 569 g/mol. The fourth-order valence-corrected chi connectivity index (χ4v) is 5.02. The normalized spacial score (nSPS) is 14.8. The van der Waals surface area contributed by atoms with E-state index in [1.807, 2.05) is 47.2 Å². The van der Waals surface area contributed by atoms with Gasteiger partial charge in [-0.15, -0.1) is 0 Å². The summed E-state index contributed by atoms with van der Waals surface area (Å²) < 4.78 is 7.95. The van der Waals surface area contributed by atoms with E-state index in [2.05, 4.69) is 21.7 Å². The van der Waals surface area contributed by atoms with Crippen LogP contribution in [0.2, 0.25) is 5.02 Å². The Labute approximate surface area is 242 Å². The summed E-state index contributed by atoms with van der Waals surface area (Å²) in [7, 11) is 0. The van der Waals surface area contributed by atoms with Gasteiger partial charge in [0.15, 0.2) is 0 Å². The van der Waals surface area contributed by atoms with Crippen LogP contribution in [0.5, 0.6) is 5.75 Å². The molecular weight excluding hydrogens is 540 g/mol. The minimum absolute atomic E-state index is 0.0254. The van der Waals surface area contributed by atoms with E-state index < -0.39 is 11.8 Å². The third-order valence-electron chi connectivity index (χ3n) is 7.07. The lowest BCUT2D eigenvalue weighted by Gasteiger charge is -2.28. The summed E-state index contributed by atoms with van der Waals surface area (Å²) in [5.41, 5.74) is 10.2. The van der Waals surface area contributed by atoms with Gasteiger partial charge in [0.25, 0.3) is 5.91 Å². The highest BCUT2D eigenvalue weighted by atomic mass is 35.5. The summed E-state index contributed by atoms with van der Waals surface area (Å²) in [5, 5.41) is 15.9. The number of halogens is 1. The van der Waals surface area contributed by atoms with Crippen molar-refractivity contribution in [3.8, 4) is 11.8 Å². The molecule has 3 aromatic carbocycles. The zero-order valence-electron chi connectivity index (χ0n) is 22.2. The van der Waals surface area contributed by atoms with Crippen molar-refractivity contribution < 1.29 is 14.3 Å². The van der Waals surface area contributed by atoms with Crippen LogP contribution in [-0.2, 0) is 17.9 Å². The van der Waals surface area contributed by atoms with Gasteiger partial charge in [0.05, 0.1) is 41.7 Å². The predicted octanol–water partition coefficient (Wildman–Crippen LogP) is 4.07. The van der Waals surface area contributed by atoms with Crippen molar-refractivity contribution >= 4 is 23.4 Å². The summed E-state index contributed by atoms with van der Waals surface area (Å²) in [6.07, 6.45) is 4.52. The molecule has 208 valence electrons. The third-order valence-corrected chi connectivity index (χ3v) is 7.32. The molecule has 1 aromatic heterocycles. The Bertz CT molecular complexity index is 1580. The van der Waals surface area contributed by atoms with Crippen molar-refractivity contribution in [3.05, 3.63) is 118 Å². The van der Waals surface area contributed by atoms with E-state index in [9.17, 15) is 9.59 Å². The van der Waals surface area contributed by atoms with Crippen molar-refractivity contribution in [3.63, 3.8) is 0 Å². The second kappa shape index (κ2) is 12.7. The largest absolute Gasteiger partial charge is 0.492 e. The number of nitrogens with two attached hydrogens (primary N) is 1. The van der Waals surface area contributed by atoms with Crippen LogP contribution in [0.4, 0.5) is 0 Å². The van der Waals surface area contributed by atoms with E-state index in [4.69, 9.17) is 27.3 Å². The molecule has 0 saturated heterocycles. The van der Waals surface area contributed by atoms with Gasteiger partial charge in [-0.2, -0.15) is 5.26 Å². The first-order chi connectivity index (χ1) is 19.9. The van der Waals surface area contributed by atoms with Crippen molar-refractivity contribution in [1.82, 2.24) is 20.2 Å². The van der Waals surface area contributed by atoms with Crippen molar-refractivity contribution in [2.45, 2.75) is 31.5 Å². The first-order valence-electron chi connectivity index (χ1n) is 13.2. The molecule has 4 aromatic rings. The van der Waals surface area contributed by atoms with Gasteiger partial charge in [0.2, 0.25) is 5.91 Å². The monoisotopic (exact) mass is 568 g/mol. The SMILES string of the molecule is N#Cc1ccc(Cn2cnc(CNC3CCOc4c(C(=O)NC[C@@H](C(N)=O)c5ccc(Cl)cc5)cccc43)c2)cc1. The van der Waals surface area contributed by atoms with Gasteiger partial charge in [0, 0.05) is 48.9 Å². The molecule has 4 N–H and O–H groups in total. The Balaban J connectivity index is 1.22. The molecule has 9 nitrogen and oxygen atoms in total. The van der Waals surface area contributed by atoms with E-state index in [-0.39, 0.29) is 18.5 Å². The number of carbonyl (C=O) groups is 2. The lowest BCUT2D eigenvalue weighted by molar-refractivity contribution is -0.119. The van der Waals surface area contributed by atoms with Crippen molar-refractivity contribution in [2.24, 2.45) is 5.73 Å². The fraction of sp³-hybridized carbons (Fsp3) is 0.226. The van der Waals surface area contributed by atoms with Gasteiger partial charge >= 0.3 is 0 Å². The number of nitriles is 1. The summed E-state index contributed by atoms with van der Waals surface area (Å²) >= 11 is 5.96. The maximum Gasteiger partial charge on any atom is 0.255 e. The first kappa shape index (κ1) is 27.9. The number of aromatic nitrogens is 2. The zero-order valence-corrected chi connectivity index (χ0v) is 23.0. The Morgan fingerprint density at radius 3 is 2.66 bits per heavy atom. The van der Waals surface area contributed by atoms with Gasteiger partial charge < -0.3 is 25.7 Å². The number of nitrogens with one attached hydrogen (secondary N) is 2. The summed E-state index contributed by atoms with van der Waals surface area (Å²) in [6, 6.07) is 21.9. The Morgan fingerprint density at radius 2 is 1.93 bits per heavy atom. The number of fused-ring (bicyclic) bond motifs is 1. The molecule has 1 unspecified atom stereocenters. The maximum absolute atomic E-state index is 13.2. The number of hydrogen-bond donors (Lipinski definition) is 3. The van der Waals surface area contributed by atoms with Crippen LogP contribution in [0.15, 0.2) is 79.3 Å². The number of rotatable bonds is 10. The molecule has 0 radical (unpaired) electrons. The van der Waals surface area contributed by atoms with Gasteiger partial charge in [0.1, 0.15) is 5.75 Å². The number of amides is 2. The molecule has 2 atom stereocenters. The van der Waals surface area contributed by atoms with Crippen LogP contribution < -0.4 is 21.1 Å². The van der Waals surface area contributed by atoms with Crippen LogP contribution in [0, 0.1) is 11.3 Å². The highest BCUT2D eigenvalue weighted by Gasteiger charge is 2.27. The molecular formula is C31H29ClN6O3. The molecule has 0 aliphatic carbocycles. The number of para-hydroxylation sites is 1. The lowest BCUT2D eigenvalue weighted by atomic mass is 9.96. The Hall–Kier alpha value is -4.65. The van der Waals surface area contributed by atoms with Crippen LogP contribution >= 0.6 is 11.6 Å². The van der Waals surface area contributed by atoms with Gasteiger partial charge in [-0.1, -0.05) is 48.0 Å². The number of ether oxygens (including phenoxy) is 1. The molecule has 0 saturated carbocycles. The van der Waals surface area contributed by atoms with E-state index in [0.717, 1.165) is 23.2 Å². The van der Waals surface area contributed by atoms with Crippen molar-refractivity contribution in [1.29, 1.82) is 5.26 Å². The van der Waals surface area contributed by atoms with Crippen molar-refractivity contribution in [2.75, 3.05) is 13.2 Å². The molecule has 0 bridgehead atoms. The summed E-state index contributed by atoms with van der Waals surface area (Å²) in [4.78, 5) is 29.8. The Morgan fingerprint density at radius 1 is 1.15 bits per heavy atom. The summed E-state index contributed by atoms with van der Waals surface area (Å²) in [6.45, 7) is 1.71. The van der Waals surface area contributed by atoms with Gasteiger partial charge in [-0.3, -0.25) is 9.59 Å². The molecule has 0 spiro atoms. The molecule has 2 amide bonds. The van der Waals surface area contributed by atoms with Crippen LogP contribution in [0.25, 0.3) is 0 Å². The van der Waals surface area contributed by atoms with Crippen LogP contribution in [0.3, 0.4) is 0 Å². The molecule has 1 aliphatic rings. The molecule has 5 rings (SSSR count). The number of hydrogen-bond acceptors (Lipinski definition) is 6. The number of carbonyl (C=O) groups excluding carboxylic acids is 2. The fourth-order valence-electron chi connectivity index (χ4n) is 4.89. The molecule has 10 heteroatoms.